The highest BCUT2D eigenvalue weighted by molar-refractivity contribution is 7.87. The van der Waals surface area contributed by atoms with Crippen LogP contribution in [0.3, 0.4) is 0 Å². The van der Waals surface area contributed by atoms with Crippen molar-refractivity contribution in [3.8, 4) is 0 Å². The molecule has 21 heavy (non-hydrogen) atoms. The van der Waals surface area contributed by atoms with E-state index < -0.39 is 10.2 Å². The highest BCUT2D eigenvalue weighted by Gasteiger charge is 2.28. The van der Waals surface area contributed by atoms with Gasteiger partial charge in [0.05, 0.1) is 0 Å². The molecular formula is C15H24N2O3S. The molecule has 1 aliphatic rings. The van der Waals surface area contributed by atoms with Crippen LogP contribution in [-0.4, -0.2) is 43.6 Å². The Morgan fingerprint density at radius 2 is 1.90 bits per heavy atom. The van der Waals surface area contributed by atoms with Gasteiger partial charge < -0.3 is 5.11 Å². The normalized spacial score (nSPS) is 19.5. The smallest absolute Gasteiger partial charge is 0.279 e. The van der Waals surface area contributed by atoms with E-state index in [9.17, 15) is 8.42 Å². The molecule has 0 aromatic heterocycles. The van der Waals surface area contributed by atoms with E-state index in [0.717, 1.165) is 18.4 Å². The Kier molecular flexibility index (Phi) is 5.75. The summed E-state index contributed by atoms with van der Waals surface area (Å²) in [6.45, 7) is 2.99. The lowest BCUT2D eigenvalue weighted by Gasteiger charge is -2.31. The maximum absolute atomic E-state index is 12.3. The van der Waals surface area contributed by atoms with Crippen molar-refractivity contribution in [2.24, 2.45) is 5.92 Å². The summed E-state index contributed by atoms with van der Waals surface area (Å²) < 4.78 is 28.9. The molecule has 0 saturated carbocycles. The van der Waals surface area contributed by atoms with Gasteiger partial charge in [0, 0.05) is 25.7 Å². The SMILES string of the molecule is CC(Cc1ccccc1)NS(=O)(=O)N1CCC(CO)CC1. The van der Waals surface area contributed by atoms with Crippen molar-refractivity contribution in [2.45, 2.75) is 32.2 Å². The summed E-state index contributed by atoms with van der Waals surface area (Å²) in [5.74, 6) is 0.234. The van der Waals surface area contributed by atoms with E-state index in [-0.39, 0.29) is 18.6 Å². The number of rotatable bonds is 6. The second kappa shape index (κ2) is 7.35. The van der Waals surface area contributed by atoms with Crippen LogP contribution >= 0.6 is 0 Å². The molecule has 1 saturated heterocycles. The predicted molar refractivity (Wildman–Crippen MR) is 83.0 cm³/mol. The predicted octanol–water partition coefficient (Wildman–Crippen LogP) is 1.16. The van der Waals surface area contributed by atoms with Crippen LogP contribution in [0.5, 0.6) is 0 Å². The lowest BCUT2D eigenvalue weighted by atomic mass is 10.00. The van der Waals surface area contributed by atoms with E-state index in [1.54, 1.807) is 0 Å². The summed E-state index contributed by atoms with van der Waals surface area (Å²) in [5.41, 5.74) is 1.12. The number of aliphatic hydroxyl groups is 1. The summed E-state index contributed by atoms with van der Waals surface area (Å²) in [6, 6.07) is 9.71. The molecule has 0 amide bonds. The molecule has 1 aromatic carbocycles. The monoisotopic (exact) mass is 312 g/mol. The molecule has 1 unspecified atom stereocenters. The van der Waals surface area contributed by atoms with Gasteiger partial charge in [-0.2, -0.15) is 17.4 Å². The summed E-state index contributed by atoms with van der Waals surface area (Å²) in [7, 11) is -3.43. The average molecular weight is 312 g/mol. The topological polar surface area (TPSA) is 69.6 Å². The number of hydrogen-bond donors (Lipinski definition) is 2. The van der Waals surface area contributed by atoms with Crippen LogP contribution < -0.4 is 4.72 Å². The number of aliphatic hydroxyl groups excluding tert-OH is 1. The Balaban J connectivity index is 1.89. The van der Waals surface area contributed by atoms with Crippen molar-refractivity contribution in [2.75, 3.05) is 19.7 Å². The molecule has 0 spiro atoms. The van der Waals surface area contributed by atoms with Crippen LogP contribution in [-0.2, 0) is 16.6 Å². The fourth-order valence-corrected chi connectivity index (χ4v) is 4.10. The van der Waals surface area contributed by atoms with Gasteiger partial charge in [0.15, 0.2) is 0 Å². The molecular weight excluding hydrogens is 288 g/mol. The molecule has 1 heterocycles. The molecule has 1 fully saturated rings. The van der Waals surface area contributed by atoms with E-state index in [1.165, 1.54) is 4.31 Å². The third kappa shape index (κ3) is 4.78. The lowest BCUT2D eigenvalue weighted by molar-refractivity contribution is 0.169. The average Bonchev–Trinajstić information content (AvgIpc) is 2.47. The van der Waals surface area contributed by atoms with Gasteiger partial charge in [-0.15, -0.1) is 0 Å². The molecule has 2 rings (SSSR count). The van der Waals surface area contributed by atoms with Crippen LogP contribution in [0.15, 0.2) is 30.3 Å². The number of nitrogens with zero attached hydrogens (tertiary/aromatic N) is 1. The molecule has 1 atom stereocenters. The van der Waals surface area contributed by atoms with E-state index >= 15 is 0 Å². The molecule has 1 aliphatic heterocycles. The van der Waals surface area contributed by atoms with Crippen molar-refractivity contribution >= 4 is 10.2 Å². The first-order valence-electron chi connectivity index (χ1n) is 7.43. The quantitative estimate of drug-likeness (QED) is 0.828. The molecule has 1 aromatic rings. The van der Waals surface area contributed by atoms with Crippen LogP contribution in [0.25, 0.3) is 0 Å². The van der Waals surface area contributed by atoms with Gasteiger partial charge in [-0.05, 0) is 37.7 Å². The van der Waals surface area contributed by atoms with Gasteiger partial charge in [0.2, 0.25) is 0 Å². The third-order valence-corrected chi connectivity index (χ3v) is 5.65. The molecule has 0 bridgehead atoms. The largest absolute Gasteiger partial charge is 0.396 e. The Morgan fingerprint density at radius 1 is 1.29 bits per heavy atom. The molecule has 2 N–H and O–H groups in total. The number of benzene rings is 1. The van der Waals surface area contributed by atoms with Crippen molar-refractivity contribution in [3.05, 3.63) is 35.9 Å². The van der Waals surface area contributed by atoms with Crippen LogP contribution in [0, 0.1) is 5.92 Å². The van der Waals surface area contributed by atoms with E-state index in [4.69, 9.17) is 5.11 Å². The van der Waals surface area contributed by atoms with Gasteiger partial charge in [-0.1, -0.05) is 30.3 Å². The van der Waals surface area contributed by atoms with Crippen molar-refractivity contribution < 1.29 is 13.5 Å². The highest BCUT2D eigenvalue weighted by Crippen LogP contribution is 2.18. The molecule has 5 nitrogen and oxygen atoms in total. The number of nitrogens with one attached hydrogen (secondary N) is 1. The van der Waals surface area contributed by atoms with Gasteiger partial charge in [-0.3, -0.25) is 0 Å². The van der Waals surface area contributed by atoms with E-state index in [0.29, 0.717) is 19.5 Å². The zero-order valence-corrected chi connectivity index (χ0v) is 13.2. The standard InChI is InChI=1S/C15H24N2O3S/c1-13(11-14-5-3-2-4-6-14)16-21(19,20)17-9-7-15(12-18)8-10-17/h2-6,13,15-16,18H,7-12H2,1H3. The third-order valence-electron chi connectivity index (χ3n) is 3.91. The van der Waals surface area contributed by atoms with Gasteiger partial charge in [-0.25, -0.2) is 0 Å². The second-order valence-electron chi connectivity index (χ2n) is 5.74. The van der Waals surface area contributed by atoms with E-state index in [1.807, 2.05) is 37.3 Å². The van der Waals surface area contributed by atoms with Gasteiger partial charge >= 0.3 is 0 Å². The second-order valence-corrected chi connectivity index (χ2v) is 7.44. The number of piperidine rings is 1. The minimum atomic E-state index is -3.43. The molecule has 0 aliphatic carbocycles. The van der Waals surface area contributed by atoms with Crippen molar-refractivity contribution in [1.29, 1.82) is 0 Å². The molecule has 0 radical (unpaired) electrons. The minimum absolute atomic E-state index is 0.145. The zero-order chi connectivity index (χ0) is 15.3. The van der Waals surface area contributed by atoms with Crippen LogP contribution in [0.2, 0.25) is 0 Å². The summed E-state index contributed by atoms with van der Waals surface area (Å²) in [4.78, 5) is 0. The minimum Gasteiger partial charge on any atom is -0.396 e. The fourth-order valence-electron chi connectivity index (χ4n) is 2.67. The summed E-state index contributed by atoms with van der Waals surface area (Å²) in [5, 5.41) is 9.11. The summed E-state index contributed by atoms with van der Waals surface area (Å²) in [6.07, 6.45) is 2.13. The maximum Gasteiger partial charge on any atom is 0.279 e. The Hall–Kier alpha value is -0.950. The molecule has 6 heteroatoms. The lowest BCUT2D eigenvalue weighted by Crippen LogP contribution is -2.48. The van der Waals surface area contributed by atoms with Crippen molar-refractivity contribution in [1.82, 2.24) is 9.03 Å². The van der Waals surface area contributed by atoms with Gasteiger partial charge in [0.1, 0.15) is 0 Å². The first-order valence-corrected chi connectivity index (χ1v) is 8.87. The van der Waals surface area contributed by atoms with E-state index in [2.05, 4.69) is 4.72 Å². The number of hydrogen-bond acceptors (Lipinski definition) is 3. The Bertz CT molecular complexity index is 525. The van der Waals surface area contributed by atoms with Crippen LogP contribution in [0.1, 0.15) is 25.3 Å². The molecule has 118 valence electrons. The first kappa shape index (κ1) is 16.4. The summed E-state index contributed by atoms with van der Waals surface area (Å²) >= 11 is 0. The zero-order valence-electron chi connectivity index (χ0n) is 12.4. The van der Waals surface area contributed by atoms with Crippen LogP contribution in [0.4, 0.5) is 0 Å². The first-order chi connectivity index (χ1) is 10.0. The fraction of sp³-hybridized carbons (Fsp3) is 0.600. The maximum atomic E-state index is 12.3. The van der Waals surface area contributed by atoms with Crippen molar-refractivity contribution in [3.63, 3.8) is 0 Å². The Morgan fingerprint density at radius 3 is 2.48 bits per heavy atom. The van der Waals surface area contributed by atoms with Gasteiger partial charge in [0.25, 0.3) is 10.2 Å². The Labute approximate surface area is 127 Å². The highest BCUT2D eigenvalue weighted by atomic mass is 32.2.